The first-order valence-corrected chi connectivity index (χ1v) is 5.66. The van der Waals surface area contributed by atoms with Crippen molar-refractivity contribution < 1.29 is 0 Å². The van der Waals surface area contributed by atoms with Gasteiger partial charge in [0.2, 0.25) is 0 Å². The molecular weight excluding hydrogens is 198 g/mol. The first-order valence-electron chi connectivity index (χ1n) is 5.66. The van der Waals surface area contributed by atoms with Crippen molar-refractivity contribution in [2.45, 2.75) is 6.04 Å². The zero-order valence-electron chi connectivity index (χ0n) is 9.06. The van der Waals surface area contributed by atoms with Crippen LogP contribution in [0.25, 0.3) is 10.8 Å². The lowest BCUT2D eigenvalue weighted by Gasteiger charge is -2.23. The molecule has 1 atom stereocenters. The molecule has 3 nitrogen and oxygen atoms in total. The second-order valence-corrected chi connectivity index (χ2v) is 4.04. The zero-order chi connectivity index (χ0) is 10.8. The summed E-state index contributed by atoms with van der Waals surface area (Å²) in [6.07, 6.45) is 1.88. The van der Waals surface area contributed by atoms with Crippen LogP contribution in [0.5, 0.6) is 0 Å². The molecular formula is C13H14N3. The number of nitrogens with zero attached hydrogens (tertiary/aromatic N) is 2. The van der Waals surface area contributed by atoms with Crippen molar-refractivity contribution in [3.63, 3.8) is 0 Å². The lowest BCUT2D eigenvalue weighted by molar-refractivity contribution is 0.417. The third kappa shape index (κ3) is 1.68. The van der Waals surface area contributed by atoms with E-state index in [4.69, 9.17) is 0 Å². The van der Waals surface area contributed by atoms with Gasteiger partial charge in [-0.25, -0.2) is 5.32 Å². The van der Waals surface area contributed by atoms with Crippen molar-refractivity contribution in [3.8, 4) is 0 Å². The first-order chi connectivity index (χ1) is 7.95. The Morgan fingerprint density at radius 2 is 2.12 bits per heavy atom. The standard InChI is InChI=1S/C13H14N3/c1-2-4-11-10(3-1)5-6-16-13(11)12-9-14-7-8-15-12/h1-6,12,14H,7-9H2. The van der Waals surface area contributed by atoms with Crippen LogP contribution in [0.4, 0.5) is 0 Å². The van der Waals surface area contributed by atoms with Crippen LogP contribution in [0.15, 0.2) is 36.5 Å². The molecule has 1 aliphatic heterocycles. The normalized spacial score (nSPS) is 21.1. The van der Waals surface area contributed by atoms with Gasteiger partial charge >= 0.3 is 0 Å². The average molecular weight is 212 g/mol. The van der Waals surface area contributed by atoms with Crippen LogP contribution in [-0.2, 0) is 0 Å². The average Bonchev–Trinajstić information content (AvgIpc) is 2.39. The van der Waals surface area contributed by atoms with Gasteiger partial charge in [0.15, 0.2) is 0 Å². The Kier molecular flexibility index (Phi) is 2.56. The van der Waals surface area contributed by atoms with E-state index < -0.39 is 0 Å². The van der Waals surface area contributed by atoms with E-state index in [1.54, 1.807) is 0 Å². The summed E-state index contributed by atoms with van der Waals surface area (Å²) in [5.74, 6) is 0. The Balaban J connectivity index is 2.08. The molecule has 0 spiro atoms. The van der Waals surface area contributed by atoms with E-state index in [0.29, 0.717) is 0 Å². The van der Waals surface area contributed by atoms with Gasteiger partial charge in [-0.3, -0.25) is 4.98 Å². The molecule has 1 fully saturated rings. The fraction of sp³-hybridized carbons (Fsp3) is 0.308. The minimum Gasteiger partial charge on any atom is -0.313 e. The number of aromatic nitrogens is 1. The van der Waals surface area contributed by atoms with E-state index in [0.717, 1.165) is 25.3 Å². The van der Waals surface area contributed by atoms with Crippen LogP contribution in [0.1, 0.15) is 11.7 Å². The van der Waals surface area contributed by atoms with Gasteiger partial charge < -0.3 is 5.32 Å². The predicted octanol–water partition coefficient (Wildman–Crippen LogP) is 1.48. The van der Waals surface area contributed by atoms with E-state index in [-0.39, 0.29) is 6.04 Å². The molecule has 1 N–H and O–H groups in total. The van der Waals surface area contributed by atoms with E-state index in [1.165, 1.54) is 10.8 Å². The number of hydrogen-bond acceptors (Lipinski definition) is 2. The topological polar surface area (TPSA) is 39.0 Å². The van der Waals surface area contributed by atoms with Gasteiger partial charge in [0, 0.05) is 31.2 Å². The number of pyridine rings is 1. The maximum atomic E-state index is 4.62. The molecule has 81 valence electrons. The van der Waals surface area contributed by atoms with Gasteiger partial charge in [0.25, 0.3) is 0 Å². The molecule has 2 aromatic rings. The minimum absolute atomic E-state index is 0.208. The molecule has 1 saturated heterocycles. The Hall–Kier alpha value is -1.45. The van der Waals surface area contributed by atoms with Crippen molar-refractivity contribution in [1.29, 1.82) is 0 Å². The Bertz CT molecular complexity index is 484. The number of benzene rings is 1. The van der Waals surface area contributed by atoms with Crippen LogP contribution in [0, 0.1) is 0 Å². The second kappa shape index (κ2) is 4.20. The third-order valence-electron chi connectivity index (χ3n) is 3.00. The van der Waals surface area contributed by atoms with Crippen molar-refractivity contribution in [1.82, 2.24) is 15.6 Å². The van der Waals surface area contributed by atoms with Gasteiger partial charge in [0.05, 0.1) is 11.7 Å². The summed E-state index contributed by atoms with van der Waals surface area (Å²) in [6.45, 7) is 2.78. The molecule has 0 saturated carbocycles. The molecule has 1 unspecified atom stereocenters. The van der Waals surface area contributed by atoms with E-state index in [1.807, 2.05) is 6.20 Å². The van der Waals surface area contributed by atoms with Gasteiger partial charge in [-0.15, -0.1) is 0 Å². The summed E-state index contributed by atoms with van der Waals surface area (Å²) in [7, 11) is 0. The summed E-state index contributed by atoms with van der Waals surface area (Å²) in [5.41, 5.74) is 1.10. The molecule has 2 heterocycles. The quantitative estimate of drug-likeness (QED) is 0.777. The maximum absolute atomic E-state index is 4.62. The lowest BCUT2D eigenvalue weighted by Crippen LogP contribution is -2.39. The van der Waals surface area contributed by atoms with E-state index in [2.05, 4.69) is 45.9 Å². The van der Waals surface area contributed by atoms with Crippen molar-refractivity contribution in [2.75, 3.05) is 19.6 Å². The Morgan fingerprint density at radius 1 is 1.19 bits per heavy atom. The minimum atomic E-state index is 0.208. The second-order valence-electron chi connectivity index (χ2n) is 4.04. The van der Waals surface area contributed by atoms with E-state index >= 15 is 0 Å². The van der Waals surface area contributed by atoms with Gasteiger partial charge in [-0.2, -0.15) is 0 Å². The summed E-state index contributed by atoms with van der Waals surface area (Å²) < 4.78 is 0. The molecule has 0 aliphatic carbocycles. The SMILES string of the molecule is c1ccc2c(C3CNCC[N]3)nccc2c1. The van der Waals surface area contributed by atoms with E-state index in [9.17, 15) is 0 Å². The highest BCUT2D eigenvalue weighted by Crippen LogP contribution is 2.22. The fourth-order valence-electron chi connectivity index (χ4n) is 2.19. The lowest BCUT2D eigenvalue weighted by atomic mass is 10.0. The van der Waals surface area contributed by atoms with Crippen molar-refractivity contribution in [3.05, 3.63) is 42.2 Å². The van der Waals surface area contributed by atoms with Crippen molar-refractivity contribution in [2.24, 2.45) is 0 Å². The Morgan fingerprint density at radius 3 is 3.00 bits per heavy atom. The number of fused-ring (bicyclic) bond motifs is 1. The van der Waals surface area contributed by atoms with Gasteiger partial charge in [-0.1, -0.05) is 24.3 Å². The van der Waals surface area contributed by atoms with Gasteiger partial charge in [-0.05, 0) is 11.5 Å². The highest BCUT2D eigenvalue weighted by atomic mass is 15.1. The number of rotatable bonds is 1. The molecule has 1 aromatic heterocycles. The highest BCUT2D eigenvalue weighted by molar-refractivity contribution is 5.84. The molecule has 1 aromatic carbocycles. The van der Waals surface area contributed by atoms with Crippen LogP contribution in [0.3, 0.4) is 0 Å². The highest BCUT2D eigenvalue weighted by Gasteiger charge is 2.18. The van der Waals surface area contributed by atoms with Crippen LogP contribution < -0.4 is 10.6 Å². The fourth-order valence-corrected chi connectivity index (χ4v) is 2.19. The first kappa shape index (κ1) is 9.75. The molecule has 1 radical (unpaired) electrons. The third-order valence-corrected chi connectivity index (χ3v) is 3.00. The molecule has 16 heavy (non-hydrogen) atoms. The molecule has 3 rings (SSSR count). The predicted molar refractivity (Wildman–Crippen MR) is 64.4 cm³/mol. The molecule has 3 heteroatoms. The van der Waals surface area contributed by atoms with Crippen LogP contribution in [-0.4, -0.2) is 24.6 Å². The Labute approximate surface area is 94.9 Å². The molecule has 0 amide bonds. The van der Waals surface area contributed by atoms with Crippen LogP contribution >= 0.6 is 0 Å². The zero-order valence-corrected chi connectivity index (χ0v) is 9.06. The summed E-state index contributed by atoms with van der Waals surface area (Å²) in [4.78, 5) is 4.50. The maximum Gasteiger partial charge on any atom is 0.0798 e. The van der Waals surface area contributed by atoms with Crippen molar-refractivity contribution >= 4 is 10.8 Å². The monoisotopic (exact) mass is 212 g/mol. The smallest absolute Gasteiger partial charge is 0.0798 e. The molecule has 0 bridgehead atoms. The van der Waals surface area contributed by atoms with Crippen LogP contribution in [0.2, 0.25) is 0 Å². The summed E-state index contributed by atoms with van der Waals surface area (Å²) in [5, 5.41) is 10.5. The number of hydrogen-bond donors (Lipinski definition) is 1. The number of nitrogens with one attached hydrogen (secondary N) is 1. The summed E-state index contributed by atoms with van der Waals surface area (Å²) in [6, 6.07) is 10.6. The molecule has 1 aliphatic rings. The number of piperazine rings is 1. The largest absolute Gasteiger partial charge is 0.313 e. The summed E-state index contributed by atoms with van der Waals surface area (Å²) >= 11 is 0. The van der Waals surface area contributed by atoms with Gasteiger partial charge in [0.1, 0.15) is 0 Å².